The molecule has 0 radical (unpaired) electrons. The molecule has 0 spiro atoms. The van der Waals surface area contributed by atoms with Crippen molar-refractivity contribution in [3.05, 3.63) is 221 Å². The van der Waals surface area contributed by atoms with Crippen molar-refractivity contribution in [2.75, 3.05) is 4.90 Å². The average Bonchev–Trinajstić information content (AvgIpc) is 3.72. The number of aryl methyl sites for hydroxylation is 1. The van der Waals surface area contributed by atoms with E-state index in [-0.39, 0.29) is 0 Å². The molecular formula is C53H52N2. The van der Waals surface area contributed by atoms with Gasteiger partial charge < -0.3 is 9.47 Å². The van der Waals surface area contributed by atoms with Gasteiger partial charge >= 0.3 is 0 Å². The van der Waals surface area contributed by atoms with E-state index >= 15 is 0 Å². The van der Waals surface area contributed by atoms with Gasteiger partial charge in [0.1, 0.15) is 0 Å². The zero-order valence-corrected chi connectivity index (χ0v) is 33.2. The van der Waals surface area contributed by atoms with Crippen LogP contribution < -0.4 is 4.90 Å². The molecule has 0 aliphatic heterocycles. The van der Waals surface area contributed by atoms with Crippen molar-refractivity contribution in [1.29, 1.82) is 0 Å². The summed E-state index contributed by atoms with van der Waals surface area (Å²) in [6, 6.07) is 34.9. The molecule has 5 aromatic rings. The second-order valence-corrected chi connectivity index (χ2v) is 14.3. The van der Waals surface area contributed by atoms with Crippen LogP contribution in [0.25, 0.3) is 39.9 Å². The van der Waals surface area contributed by atoms with Crippen LogP contribution in [0.3, 0.4) is 0 Å². The topological polar surface area (TPSA) is 8.17 Å². The minimum Gasteiger partial charge on any atom is -0.315 e. The van der Waals surface area contributed by atoms with Crippen molar-refractivity contribution in [3.8, 4) is 5.69 Å². The third-order valence-electron chi connectivity index (χ3n) is 10.3. The van der Waals surface area contributed by atoms with Gasteiger partial charge in [-0.2, -0.15) is 0 Å². The normalized spacial score (nSPS) is 14.2. The van der Waals surface area contributed by atoms with E-state index in [0.717, 1.165) is 51.6 Å². The smallest absolute Gasteiger partial charge is 0.0541 e. The second-order valence-electron chi connectivity index (χ2n) is 14.3. The van der Waals surface area contributed by atoms with E-state index in [9.17, 15) is 0 Å². The zero-order valence-electron chi connectivity index (χ0n) is 33.2. The number of rotatable bonds is 13. The van der Waals surface area contributed by atoms with Gasteiger partial charge in [0.25, 0.3) is 0 Å². The van der Waals surface area contributed by atoms with E-state index < -0.39 is 0 Å². The summed E-state index contributed by atoms with van der Waals surface area (Å²) in [4.78, 5) is 2.32. The molecule has 0 bridgehead atoms. The summed E-state index contributed by atoms with van der Waals surface area (Å²) < 4.78 is 2.32. The lowest BCUT2D eigenvalue weighted by Crippen LogP contribution is -2.14. The summed E-state index contributed by atoms with van der Waals surface area (Å²) in [7, 11) is 0. The SMILES string of the molecule is C=C/C(C)=C\C1=CC(C)=C(/C=C(\C=C)c2ccc(N(/C(C)=C/C=C(\C)c3ccc(-n4c(/C=C\C)c(C=C)c5ccccc54)cc3)c3ccc(C)cc3)cc2)C1. The van der Waals surface area contributed by atoms with Gasteiger partial charge in [-0.3, -0.25) is 0 Å². The molecule has 55 heavy (non-hydrogen) atoms. The highest BCUT2D eigenvalue weighted by Gasteiger charge is 2.16. The first kappa shape index (κ1) is 38.3. The Balaban J connectivity index is 1.28. The lowest BCUT2D eigenvalue weighted by atomic mass is 9.99. The standard InChI is InChI=1S/C53H52N2/c1-10-16-52-50(13-4)51-17-14-15-18-53(51)55(52)49-29-23-44(24-30-49)39(7)21-22-41(9)54(47-27-19-38(6)20-28-47)48-31-25-45(26-32-48)43(12-3)36-46-35-42(34-40(46)8)33-37(5)11-2/h10-34,36H,2-4,35H2,1,5-9H3/b16-10-,37-33-,39-21+,41-22+,43-36+. The van der Waals surface area contributed by atoms with Crippen LogP contribution in [0.5, 0.6) is 0 Å². The largest absolute Gasteiger partial charge is 0.315 e. The molecule has 2 nitrogen and oxygen atoms in total. The van der Waals surface area contributed by atoms with Crippen LogP contribution in [-0.2, 0) is 0 Å². The van der Waals surface area contributed by atoms with Crippen LogP contribution in [0.4, 0.5) is 11.4 Å². The number of hydrogen-bond donors (Lipinski definition) is 0. The quantitative estimate of drug-likeness (QED) is 0.110. The molecule has 4 aromatic carbocycles. The highest BCUT2D eigenvalue weighted by Crippen LogP contribution is 2.35. The average molecular weight is 717 g/mol. The zero-order chi connectivity index (χ0) is 39.1. The molecule has 0 unspecified atom stereocenters. The molecular weight excluding hydrogens is 665 g/mol. The Morgan fingerprint density at radius 3 is 2.02 bits per heavy atom. The van der Waals surface area contributed by atoms with E-state index in [1.165, 1.54) is 49.9 Å². The Labute approximate surface area is 328 Å². The first-order valence-corrected chi connectivity index (χ1v) is 19.0. The maximum Gasteiger partial charge on any atom is 0.0541 e. The van der Waals surface area contributed by atoms with Gasteiger partial charge in [0, 0.05) is 33.7 Å². The van der Waals surface area contributed by atoms with Crippen molar-refractivity contribution in [2.45, 2.75) is 48.0 Å². The van der Waals surface area contributed by atoms with E-state index in [1.807, 2.05) is 18.2 Å². The Morgan fingerprint density at radius 2 is 1.38 bits per heavy atom. The van der Waals surface area contributed by atoms with Gasteiger partial charge in [0.15, 0.2) is 0 Å². The van der Waals surface area contributed by atoms with E-state index in [0.29, 0.717) is 0 Å². The van der Waals surface area contributed by atoms with E-state index in [4.69, 9.17) is 0 Å². The second kappa shape index (κ2) is 17.2. The van der Waals surface area contributed by atoms with Gasteiger partial charge in [-0.25, -0.2) is 0 Å². The summed E-state index contributed by atoms with van der Waals surface area (Å²) in [5.74, 6) is 0. The van der Waals surface area contributed by atoms with Crippen LogP contribution in [0, 0.1) is 6.92 Å². The van der Waals surface area contributed by atoms with Crippen molar-refractivity contribution in [2.24, 2.45) is 0 Å². The van der Waals surface area contributed by atoms with Gasteiger partial charge in [0.05, 0.1) is 11.2 Å². The molecule has 1 heterocycles. The Bertz CT molecular complexity index is 2460. The number of allylic oxidation sites excluding steroid dienone is 15. The summed E-state index contributed by atoms with van der Waals surface area (Å²) >= 11 is 0. The number of benzene rings is 4. The Hall–Kier alpha value is -6.38. The molecule has 0 amide bonds. The Morgan fingerprint density at radius 1 is 0.727 bits per heavy atom. The molecule has 2 heteroatoms. The number of fused-ring (bicyclic) bond motifs is 1. The third-order valence-corrected chi connectivity index (χ3v) is 10.3. The monoisotopic (exact) mass is 716 g/mol. The van der Waals surface area contributed by atoms with Crippen LogP contribution in [0.1, 0.15) is 69.0 Å². The number of hydrogen-bond acceptors (Lipinski definition) is 1. The van der Waals surface area contributed by atoms with E-state index in [2.05, 4.69) is 210 Å². The summed E-state index contributed by atoms with van der Waals surface area (Å²) in [6.45, 7) is 25.0. The first-order valence-electron chi connectivity index (χ1n) is 19.0. The molecule has 1 aliphatic carbocycles. The molecule has 0 N–H and O–H groups in total. The lowest BCUT2D eigenvalue weighted by molar-refractivity contribution is 1.10. The summed E-state index contributed by atoms with van der Waals surface area (Å²) in [5, 5.41) is 1.20. The molecule has 0 fully saturated rings. The fraction of sp³-hybridized carbons (Fsp3) is 0.132. The molecule has 1 aromatic heterocycles. The molecule has 274 valence electrons. The first-order chi connectivity index (χ1) is 26.6. The fourth-order valence-corrected chi connectivity index (χ4v) is 7.28. The summed E-state index contributed by atoms with van der Waals surface area (Å²) in [6.07, 6.45) is 22.2. The van der Waals surface area contributed by atoms with Gasteiger partial charge in [0.2, 0.25) is 0 Å². The van der Waals surface area contributed by atoms with Crippen molar-refractivity contribution >= 4 is 45.6 Å². The van der Waals surface area contributed by atoms with Gasteiger partial charge in [-0.05, 0) is 142 Å². The van der Waals surface area contributed by atoms with E-state index in [1.54, 1.807) is 0 Å². The lowest BCUT2D eigenvalue weighted by Gasteiger charge is -2.26. The van der Waals surface area contributed by atoms with Crippen LogP contribution in [-0.4, -0.2) is 4.57 Å². The van der Waals surface area contributed by atoms with Crippen LogP contribution in [0.2, 0.25) is 0 Å². The molecule has 0 saturated heterocycles. The van der Waals surface area contributed by atoms with Crippen molar-refractivity contribution in [3.63, 3.8) is 0 Å². The summed E-state index contributed by atoms with van der Waals surface area (Å²) in [5.41, 5.74) is 18.9. The number of anilines is 2. The molecule has 6 rings (SSSR count). The molecule has 1 aliphatic rings. The van der Waals surface area contributed by atoms with Gasteiger partial charge in [-0.1, -0.05) is 134 Å². The number of para-hydroxylation sites is 1. The fourth-order valence-electron chi connectivity index (χ4n) is 7.28. The van der Waals surface area contributed by atoms with Crippen molar-refractivity contribution in [1.82, 2.24) is 4.57 Å². The minimum absolute atomic E-state index is 0.910. The highest BCUT2D eigenvalue weighted by molar-refractivity contribution is 5.95. The van der Waals surface area contributed by atoms with Gasteiger partial charge in [-0.15, -0.1) is 0 Å². The third kappa shape index (κ3) is 8.40. The predicted molar refractivity (Wildman–Crippen MR) is 243 cm³/mol. The maximum absolute atomic E-state index is 4.17. The predicted octanol–water partition coefficient (Wildman–Crippen LogP) is 15.1. The maximum atomic E-state index is 4.17. The van der Waals surface area contributed by atoms with Crippen molar-refractivity contribution < 1.29 is 0 Å². The van der Waals surface area contributed by atoms with Crippen LogP contribution in [0.15, 0.2) is 193 Å². The molecule has 0 saturated carbocycles. The minimum atomic E-state index is 0.910. The molecule has 0 atom stereocenters. The van der Waals surface area contributed by atoms with Crippen LogP contribution >= 0.6 is 0 Å². The number of nitrogens with zero attached hydrogens (tertiary/aromatic N) is 2. The number of aromatic nitrogens is 1. The highest BCUT2D eigenvalue weighted by atomic mass is 15.1. The Kier molecular flexibility index (Phi) is 12.0.